The lowest BCUT2D eigenvalue weighted by Crippen LogP contribution is -2.29. The molecule has 1 aliphatic rings. The van der Waals surface area contributed by atoms with Crippen molar-refractivity contribution in [3.63, 3.8) is 0 Å². The Hall–Kier alpha value is -2.30. The lowest BCUT2D eigenvalue weighted by molar-refractivity contribution is -0.124. The van der Waals surface area contributed by atoms with Crippen LogP contribution in [0.5, 0.6) is 0 Å². The molecule has 26 heavy (non-hydrogen) atoms. The van der Waals surface area contributed by atoms with E-state index in [2.05, 4.69) is 0 Å². The summed E-state index contributed by atoms with van der Waals surface area (Å²) in [4.78, 5) is 23.6. The topological polar surface area (TPSA) is 118 Å². The quantitative estimate of drug-likeness (QED) is 0.455. The Labute approximate surface area is 152 Å². The molecule has 1 heterocycles. The number of carbonyl (C=O) groups is 2. The first-order chi connectivity index (χ1) is 12.1. The van der Waals surface area contributed by atoms with Gasteiger partial charge >= 0.3 is 0 Å². The summed E-state index contributed by atoms with van der Waals surface area (Å²) in [6.45, 7) is 1.44. The van der Waals surface area contributed by atoms with Gasteiger partial charge < -0.3 is 5.73 Å². The average molecular weight is 398 g/mol. The number of amides is 2. The van der Waals surface area contributed by atoms with Gasteiger partial charge in [0.05, 0.1) is 10.5 Å². The fraction of sp³-hybridized carbons (Fsp3) is 0.250. The molecule has 1 aromatic carbocycles. The van der Waals surface area contributed by atoms with E-state index in [0.717, 1.165) is 24.3 Å². The van der Waals surface area contributed by atoms with Crippen LogP contribution in [0.1, 0.15) is 28.8 Å². The van der Waals surface area contributed by atoms with Crippen LogP contribution in [0.4, 0.5) is 9.39 Å². The maximum Gasteiger partial charge on any atom is 0.254 e. The number of benzene rings is 1. The standard InChI is InChI=1S/C16H15FN2O5S2/c1-8-6-10(17)4-5-12(8)26(23,24)13-7-11(14(18)20)16(25-13)19(22)15(21)9-2-3-9/h4-7,9,22H,2-3H2,1H3,(H2,18,20). The van der Waals surface area contributed by atoms with Crippen LogP contribution in [0.15, 0.2) is 33.4 Å². The number of nitrogens with two attached hydrogens (primary N) is 1. The number of anilines is 1. The van der Waals surface area contributed by atoms with E-state index in [0.29, 0.717) is 29.2 Å². The second kappa shape index (κ2) is 6.45. The maximum atomic E-state index is 13.3. The summed E-state index contributed by atoms with van der Waals surface area (Å²) in [5.74, 6) is -2.52. The van der Waals surface area contributed by atoms with Crippen LogP contribution in [-0.4, -0.2) is 25.4 Å². The number of carbonyl (C=O) groups excluding carboxylic acids is 2. The SMILES string of the molecule is Cc1cc(F)ccc1S(=O)(=O)c1cc(C(N)=O)c(N(O)C(=O)C2CC2)s1. The van der Waals surface area contributed by atoms with E-state index in [9.17, 15) is 27.6 Å². The fourth-order valence-electron chi connectivity index (χ4n) is 2.45. The number of primary amides is 1. The molecule has 0 unspecified atom stereocenters. The van der Waals surface area contributed by atoms with Crippen LogP contribution < -0.4 is 10.8 Å². The van der Waals surface area contributed by atoms with Crippen LogP contribution in [0.3, 0.4) is 0 Å². The predicted octanol–water partition coefficient (Wildman–Crippen LogP) is 2.26. The fourth-order valence-corrected chi connectivity index (χ4v) is 5.43. The molecule has 3 N–H and O–H groups in total. The van der Waals surface area contributed by atoms with Gasteiger partial charge in [-0.3, -0.25) is 14.8 Å². The Bertz CT molecular complexity index is 1010. The summed E-state index contributed by atoms with van der Waals surface area (Å²) in [7, 11) is -4.09. The van der Waals surface area contributed by atoms with Gasteiger partial charge in [-0.25, -0.2) is 12.8 Å². The van der Waals surface area contributed by atoms with Crippen molar-refractivity contribution in [2.24, 2.45) is 11.7 Å². The van der Waals surface area contributed by atoms with Crippen molar-refractivity contribution >= 4 is 38.0 Å². The van der Waals surface area contributed by atoms with Crippen molar-refractivity contribution in [2.45, 2.75) is 28.9 Å². The van der Waals surface area contributed by atoms with Gasteiger partial charge in [-0.05, 0) is 49.6 Å². The van der Waals surface area contributed by atoms with E-state index in [1.807, 2.05) is 0 Å². The summed E-state index contributed by atoms with van der Waals surface area (Å²) in [5.41, 5.74) is 5.18. The highest BCUT2D eigenvalue weighted by molar-refractivity contribution is 7.93. The molecule has 7 nitrogen and oxygen atoms in total. The van der Waals surface area contributed by atoms with Crippen LogP contribution in [-0.2, 0) is 14.6 Å². The Morgan fingerprint density at radius 1 is 1.31 bits per heavy atom. The number of thiophene rings is 1. The molecule has 0 radical (unpaired) electrons. The predicted molar refractivity (Wildman–Crippen MR) is 91.4 cm³/mol. The smallest absolute Gasteiger partial charge is 0.254 e. The molecule has 0 aliphatic heterocycles. The molecule has 0 bridgehead atoms. The monoisotopic (exact) mass is 398 g/mol. The number of aryl methyl sites for hydroxylation is 1. The van der Waals surface area contributed by atoms with Crippen LogP contribution in [0, 0.1) is 18.7 Å². The van der Waals surface area contributed by atoms with Crippen molar-refractivity contribution in [3.05, 3.63) is 41.2 Å². The highest BCUT2D eigenvalue weighted by Crippen LogP contribution is 2.39. The van der Waals surface area contributed by atoms with Crippen molar-refractivity contribution < 1.29 is 27.6 Å². The molecule has 1 aromatic heterocycles. The number of nitrogens with zero attached hydrogens (tertiary/aromatic N) is 1. The number of hydroxylamine groups is 1. The number of sulfone groups is 1. The minimum absolute atomic E-state index is 0.138. The molecule has 3 rings (SSSR count). The normalized spacial score (nSPS) is 14.3. The van der Waals surface area contributed by atoms with E-state index >= 15 is 0 Å². The van der Waals surface area contributed by atoms with E-state index in [1.165, 1.54) is 6.92 Å². The van der Waals surface area contributed by atoms with Gasteiger partial charge in [-0.2, -0.15) is 5.06 Å². The molecule has 2 amide bonds. The number of rotatable bonds is 5. The van der Waals surface area contributed by atoms with Gasteiger partial charge in [-0.1, -0.05) is 0 Å². The zero-order chi connectivity index (χ0) is 19.2. The maximum absolute atomic E-state index is 13.3. The third kappa shape index (κ3) is 3.22. The second-order valence-electron chi connectivity index (χ2n) is 5.99. The molecule has 2 aromatic rings. The molecule has 138 valence electrons. The molecule has 0 atom stereocenters. The lowest BCUT2D eigenvalue weighted by Gasteiger charge is -2.13. The van der Waals surface area contributed by atoms with Gasteiger partial charge in [0.25, 0.3) is 11.8 Å². The van der Waals surface area contributed by atoms with Crippen molar-refractivity contribution in [1.82, 2.24) is 0 Å². The van der Waals surface area contributed by atoms with E-state index in [-0.39, 0.29) is 31.2 Å². The van der Waals surface area contributed by atoms with E-state index < -0.39 is 27.5 Å². The summed E-state index contributed by atoms with van der Waals surface area (Å²) in [6.07, 6.45) is 1.24. The highest BCUT2D eigenvalue weighted by Gasteiger charge is 2.37. The zero-order valence-corrected chi connectivity index (χ0v) is 15.2. The van der Waals surface area contributed by atoms with E-state index in [1.54, 1.807) is 0 Å². The molecule has 10 heteroatoms. The Morgan fingerprint density at radius 2 is 1.96 bits per heavy atom. The summed E-state index contributed by atoms with van der Waals surface area (Å²) >= 11 is 0.557. The molecule has 0 spiro atoms. The minimum Gasteiger partial charge on any atom is -0.366 e. The van der Waals surface area contributed by atoms with Crippen LogP contribution in [0.25, 0.3) is 0 Å². The second-order valence-corrected chi connectivity index (χ2v) is 9.16. The van der Waals surface area contributed by atoms with Gasteiger partial charge in [0, 0.05) is 5.92 Å². The first-order valence-electron chi connectivity index (χ1n) is 7.60. The largest absolute Gasteiger partial charge is 0.366 e. The van der Waals surface area contributed by atoms with Crippen molar-refractivity contribution in [3.8, 4) is 0 Å². The third-order valence-corrected chi connectivity index (χ3v) is 7.47. The number of hydrogen-bond acceptors (Lipinski definition) is 6. The number of hydrogen-bond donors (Lipinski definition) is 2. The van der Waals surface area contributed by atoms with Crippen molar-refractivity contribution in [1.29, 1.82) is 0 Å². The molecule has 1 saturated carbocycles. The third-order valence-electron chi connectivity index (χ3n) is 3.97. The van der Waals surface area contributed by atoms with E-state index in [4.69, 9.17) is 5.73 Å². The molecule has 0 saturated heterocycles. The first kappa shape index (κ1) is 18.5. The molecular weight excluding hydrogens is 383 g/mol. The first-order valence-corrected chi connectivity index (χ1v) is 9.90. The molecule has 1 fully saturated rings. The van der Waals surface area contributed by atoms with Crippen LogP contribution >= 0.6 is 11.3 Å². The Kier molecular flexibility index (Phi) is 4.59. The zero-order valence-electron chi connectivity index (χ0n) is 13.6. The summed E-state index contributed by atoms with van der Waals surface area (Å²) in [5, 5.41) is 10.2. The minimum atomic E-state index is -4.09. The van der Waals surface area contributed by atoms with Crippen molar-refractivity contribution in [2.75, 3.05) is 5.06 Å². The summed E-state index contributed by atoms with van der Waals surface area (Å²) < 4.78 is 38.7. The van der Waals surface area contributed by atoms with Crippen LogP contribution in [0.2, 0.25) is 0 Å². The summed E-state index contributed by atoms with van der Waals surface area (Å²) in [6, 6.07) is 4.23. The van der Waals surface area contributed by atoms with Gasteiger partial charge in [0.1, 0.15) is 15.0 Å². The lowest BCUT2D eigenvalue weighted by atomic mass is 10.2. The Balaban J connectivity index is 2.09. The van der Waals surface area contributed by atoms with Gasteiger partial charge in [0.2, 0.25) is 9.84 Å². The molecule has 1 aliphatic carbocycles. The number of halogens is 1. The Morgan fingerprint density at radius 3 is 2.50 bits per heavy atom. The van der Waals surface area contributed by atoms with Gasteiger partial charge in [0.15, 0.2) is 0 Å². The average Bonchev–Trinajstić information content (AvgIpc) is 3.30. The highest BCUT2D eigenvalue weighted by atomic mass is 32.2. The van der Waals surface area contributed by atoms with Gasteiger partial charge in [-0.15, -0.1) is 11.3 Å². The molecular formula is C16H15FN2O5S2.